The summed E-state index contributed by atoms with van der Waals surface area (Å²) in [4.78, 5) is 7.90. The van der Waals surface area contributed by atoms with Crippen molar-refractivity contribution >= 4 is 29.3 Å². The van der Waals surface area contributed by atoms with Crippen LogP contribution in [0, 0.1) is 3.95 Å². The number of aromatic hydroxyl groups is 1. The third-order valence-corrected chi connectivity index (χ3v) is 3.88. The van der Waals surface area contributed by atoms with E-state index in [4.69, 9.17) is 12.2 Å². The number of nitrogens with zero attached hydrogens (tertiary/aromatic N) is 1. The van der Waals surface area contributed by atoms with Crippen LogP contribution >= 0.6 is 23.6 Å². The van der Waals surface area contributed by atoms with Gasteiger partial charge in [0.25, 0.3) is 0 Å². The molecule has 94 valence electrons. The van der Waals surface area contributed by atoms with Gasteiger partial charge in [0.2, 0.25) is 5.88 Å². The van der Waals surface area contributed by atoms with E-state index in [2.05, 4.69) is 22.1 Å². The lowest BCUT2D eigenvalue weighted by molar-refractivity contribution is 0.456. The van der Waals surface area contributed by atoms with Crippen molar-refractivity contribution in [1.82, 2.24) is 4.98 Å². The van der Waals surface area contributed by atoms with Crippen molar-refractivity contribution in [1.29, 1.82) is 0 Å². The second-order valence-corrected chi connectivity index (χ2v) is 5.58. The highest BCUT2D eigenvalue weighted by Gasteiger charge is 2.07. The Labute approximate surface area is 115 Å². The van der Waals surface area contributed by atoms with Crippen molar-refractivity contribution in [2.24, 2.45) is 4.99 Å². The molecule has 0 atom stereocenters. The number of benzene rings is 1. The zero-order chi connectivity index (χ0) is 13.0. The molecule has 2 N–H and O–H groups in total. The first-order chi connectivity index (χ1) is 8.66. The van der Waals surface area contributed by atoms with Gasteiger partial charge >= 0.3 is 0 Å². The van der Waals surface area contributed by atoms with Crippen LogP contribution in [0.3, 0.4) is 0 Å². The molecule has 1 heterocycles. The lowest BCUT2D eigenvalue weighted by atomic mass is 10.1. The molecule has 5 heteroatoms. The van der Waals surface area contributed by atoms with Gasteiger partial charge in [0.15, 0.2) is 3.95 Å². The maximum Gasteiger partial charge on any atom is 0.209 e. The highest BCUT2D eigenvalue weighted by atomic mass is 32.1. The number of hydrogen-bond donors (Lipinski definition) is 2. The minimum Gasteiger partial charge on any atom is -0.493 e. The van der Waals surface area contributed by atoms with Crippen molar-refractivity contribution in [2.75, 3.05) is 6.54 Å². The van der Waals surface area contributed by atoms with Crippen molar-refractivity contribution in [3.05, 3.63) is 44.7 Å². The maximum atomic E-state index is 9.63. The Morgan fingerprint density at radius 1 is 1.39 bits per heavy atom. The summed E-state index contributed by atoms with van der Waals surface area (Å²) in [5.41, 5.74) is 2.08. The topological polar surface area (TPSA) is 48.4 Å². The molecule has 0 spiro atoms. The second-order valence-electron chi connectivity index (χ2n) is 3.89. The van der Waals surface area contributed by atoms with Crippen LogP contribution in [0.1, 0.15) is 17.4 Å². The molecule has 3 nitrogen and oxygen atoms in total. The van der Waals surface area contributed by atoms with Gasteiger partial charge in [-0.3, -0.25) is 4.99 Å². The standard InChI is InChI=1S/C13H14N2OS2/c1-9(11-12(16)15-13(17)18-11)14-8-7-10-5-3-2-4-6-10/h2-6,16H,7-8H2,1H3,(H,15,17). The molecule has 0 aliphatic heterocycles. The molecule has 2 aromatic rings. The van der Waals surface area contributed by atoms with Crippen LogP contribution in [0.25, 0.3) is 0 Å². The third kappa shape index (κ3) is 3.27. The van der Waals surface area contributed by atoms with E-state index in [1.54, 1.807) is 0 Å². The second kappa shape index (κ2) is 5.93. The average molecular weight is 278 g/mol. The smallest absolute Gasteiger partial charge is 0.209 e. The van der Waals surface area contributed by atoms with Crippen LogP contribution in [0.4, 0.5) is 0 Å². The quantitative estimate of drug-likeness (QED) is 0.663. The van der Waals surface area contributed by atoms with E-state index in [9.17, 15) is 5.11 Å². The van der Waals surface area contributed by atoms with Crippen LogP contribution in [-0.4, -0.2) is 22.3 Å². The molecule has 0 aliphatic rings. The van der Waals surface area contributed by atoms with E-state index in [0.717, 1.165) is 17.0 Å². The van der Waals surface area contributed by atoms with Gasteiger partial charge in [-0.1, -0.05) is 41.7 Å². The molecule has 0 radical (unpaired) electrons. The number of rotatable bonds is 4. The average Bonchev–Trinajstić information content (AvgIpc) is 2.70. The molecule has 0 unspecified atom stereocenters. The molecular formula is C13H14N2OS2. The number of aromatic amines is 1. The molecule has 18 heavy (non-hydrogen) atoms. The van der Waals surface area contributed by atoms with E-state index >= 15 is 0 Å². The van der Waals surface area contributed by atoms with Gasteiger partial charge in [0, 0.05) is 6.54 Å². The summed E-state index contributed by atoms with van der Waals surface area (Å²) in [6.45, 7) is 2.60. The Hall–Kier alpha value is -1.46. The molecule has 0 aliphatic carbocycles. The number of nitrogens with one attached hydrogen (secondary N) is 1. The number of aliphatic imine (C=N–C) groups is 1. The largest absolute Gasteiger partial charge is 0.493 e. The summed E-state index contributed by atoms with van der Waals surface area (Å²) in [7, 11) is 0. The Morgan fingerprint density at radius 3 is 2.72 bits per heavy atom. The highest BCUT2D eigenvalue weighted by Crippen LogP contribution is 2.22. The van der Waals surface area contributed by atoms with E-state index in [1.165, 1.54) is 16.9 Å². The van der Waals surface area contributed by atoms with Crippen LogP contribution in [-0.2, 0) is 6.42 Å². The summed E-state index contributed by atoms with van der Waals surface area (Å²) in [5.74, 6) is 0.117. The molecule has 0 saturated heterocycles. The molecule has 1 aromatic carbocycles. The third-order valence-electron chi connectivity index (χ3n) is 2.55. The predicted octanol–water partition coefficient (Wildman–Crippen LogP) is 3.56. The van der Waals surface area contributed by atoms with Gasteiger partial charge in [0.05, 0.1) is 5.71 Å². The van der Waals surface area contributed by atoms with Crippen molar-refractivity contribution in [3.63, 3.8) is 0 Å². The summed E-state index contributed by atoms with van der Waals surface area (Å²) in [6, 6.07) is 10.2. The lowest BCUT2D eigenvalue weighted by Gasteiger charge is -1.99. The minimum atomic E-state index is 0.117. The summed E-state index contributed by atoms with van der Waals surface area (Å²) in [5, 5.41) is 9.63. The molecule has 0 bridgehead atoms. The van der Waals surface area contributed by atoms with Crippen LogP contribution < -0.4 is 0 Å². The Balaban J connectivity index is 2.02. The summed E-state index contributed by atoms with van der Waals surface area (Å²) >= 11 is 6.32. The van der Waals surface area contributed by atoms with Gasteiger partial charge in [-0.25, -0.2) is 0 Å². The fourth-order valence-corrected chi connectivity index (χ4v) is 2.67. The Kier molecular flexibility index (Phi) is 4.28. The molecule has 2 rings (SSSR count). The fraction of sp³-hybridized carbons (Fsp3) is 0.231. The fourth-order valence-electron chi connectivity index (χ4n) is 1.63. The Morgan fingerprint density at radius 2 is 2.11 bits per heavy atom. The van der Waals surface area contributed by atoms with Gasteiger partial charge < -0.3 is 10.1 Å². The zero-order valence-corrected chi connectivity index (χ0v) is 11.6. The number of aromatic nitrogens is 1. The molecular weight excluding hydrogens is 264 g/mol. The van der Waals surface area contributed by atoms with E-state index in [1.807, 2.05) is 25.1 Å². The Bertz CT molecular complexity index is 599. The van der Waals surface area contributed by atoms with Gasteiger partial charge in [-0.05, 0) is 31.1 Å². The zero-order valence-electron chi connectivity index (χ0n) is 10.0. The predicted molar refractivity (Wildman–Crippen MR) is 78.4 cm³/mol. The molecule has 0 amide bonds. The normalized spacial score (nSPS) is 11.7. The SMILES string of the molecule is CC(=NCCc1ccccc1)c1sc(=S)[nH]c1O. The first-order valence-corrected chi connectivity index (χ1v) is 6.86. The summed E-state index contributed by atoms with van der Waals surface area (Å²) in [6.07, 6.45) is 0.898. The first kappa shape index (κ1) is 13.0. The maximum absolute atomic E-state index is 9.63. The van der Waals surface area contributed by atoms with Crippen molar-refractivity contribution < 1.29 is 5.11 Å². The van der Waals surface area contributed by atoms with Gasteiger partial charge in [-0.15, -0.1) is 0 Å². The number of H-pyrrole nitrogens is 1. The van der Waals surface area contributed by atoms with E-state index in [-0.39, 0.29) is 5.88 Å². The van der Waals surface area contributed by atoms with Crippen molar-refractivity contribution in [3.8, 4) is 5.88 Å². The lowest BCUT2D eigenvalue weighted by Crippen LogP contribution is -1.96. The molecule has 0 saturated carbocycles. The van der Waals surface area contributed by atoms with Gasteiger partial charge in [-0.2, -0.15) is 0 Å². The van der Waals surface area contributed by atoms with Gasteiger partial charge in [0.1, 0.15) is 4.88 Å². The first-order valence-electron chi connectivity index (χ1n) is 5.64. The van der Waals surface area contributed by atoms with Crippen LogP contribution in [0.2, 0.25) is 0 Å². The monoisotopic (exact) mass is 278 g/mol. The van der Waals surface area contributed by atoms with E-state index in [0.29, 0.717) is 10.5 Å². The van der Waals surface area contributed by atoms with E-state index < -0.39 is 0 Å². The number of thiazole rings is 1. The van der Waals surface area contributed by atoms with Crippen molar-refractivity contribution in [2.45, 2.75) is 13.3 Å². The van der Waals surface area contributed by atoms with Crippen LogP contribution in [0.5, 0.6) is 5.88 Å². The highest BCUT2D eigenvalue weighted by molar-refractivity contribution is 7.73. The molecule has 1 aromatic heterocycles. The van der Waals surface area contributed by atoms with Crippen LogP contribution in [0.15, 0.2) is 35.3 Å². The molecule has 0 fully saturated rings. The number of hydrogen-bond acceptors (Lipinski definition) is 4. The minimum absolute atomic E-state index is 0.117. The summed E-state index contributed by atoms with van der Waals surface area (Å²) < 4.78 is 0.570.